The summed E-state index contributed by atoms with van der Waals surface area (Å²) in [5.74, 6) is -1.84. The van der Waals surface area contributed by atoms with E-state index in [1.54, 1.807) is 0 Å². The summed E-state index contributed by atoms with van der Waals surface area (Å²) in [4.78, 5) is 37.9. The molecule has 0 saturated carbocycles. The first-order chi connectivity index (χ1) is 18.8. The second-order valence-corrected chi connectivity index (χ2v) is 10.1. The van der Waals surface area contributed by atoms with Gasteiger partial charge < -0.3 is 33.1 Å². The van der Waals surface area contributed by atoms with Gasteiger partial charge in [-0.3, -0.25) is 14.4 Å². The third-order valence-electron chi connectivity index (χ3n) is 6.77. The van der Waals surface area contributed by atoms with Crippen LogP contribution in [0.3, 0.4) is 0 Å². The largest absolute Gasteiger partial charge is 0.566 e. The number of benzene rings is 2. The molecule has 2 aromatic rings. The summed E-state index contributed by atoms with van der Waals surface area (Å²) in [6, 6.07) is 18.7. The number of esters is 2. The predicted octanol–water partition coefficient (Wildman–Crippen LogP) is 3.77. The number of rotatable bonds is 14. The Kier molecular flexibility index (Phi) is 10.1. The van der Waals surface area contributed by atoms with Gasteiger partial charge in [0, 0.05) is 32.2 Å². The average Bonchev–Trinajstić information content (AvgIpc) is 2.96. The number of amides is 1. The van der Waals surface area contributed by atoms with Gasteiger partial charge in [0.25, 0.3) is 0 Å². The Balaban J connectivity index is 1.24. The highest BCUT2D eigenvalue weighted by Gasteiger charge is 2.50. The summed E-state index contributed by atoms with van der Waals surface area (Å²) in [7, 11) is -3.25. The number of nitrogens with one attached hydrogen (secondary N) is 1. The average molecular weight is 542 g/mol. The summed E-state index contributed by atoms with van der Waals surface area (Å²) in [6.45, 7) is 0.109. The van der Waals surface area contributed by atoms with Gasteiger partial charge in [-0.05, 0) is 24.0 Å². The van der Waals surface area contributed by atoms with Gasteiger partial charge in [0.05, 0.1) is 12.0 Å². The number of halogens is 1. The Morgan fingerprint density at radius 1 is 0.821 bits per heavy atom. The number of carbonyl (C=O) groups excluding carboxylic acids is 3. The van der Waals surface area contributed by atoms with Crippen molar-refractivity contribution in [1.29, 1.82) is 0 Å². The van der Waals surface area contributed by atoms with E-state index in [9.17, 15) is 18.7 Å². The highest BCUT2D eigenvalue weighted by molar-refractivity contribution is 6.53. The maximum atomic E-state index is 14.0. The van der Waals surface area contributed by atoms with Gasteiger partial charge in [-0.2, -0.15) is 0 Å². The molecule has 3 aliphatic rings. The molecule has 5 rings (SSSR count). The first-order valence-corrected chi connectivity index (χ1v) is 13.3. The summed E-state index contributed by atoms with van der Waals surface area (Å²) >= 11 is 0. The minimum atomic E-state index is -3.25. The Bertz CT molecular complexity index is 1080. The summed E-state index contributed by atoms with van der Waals surface area (Å²) < 4.78 is 39.7. The van der Waals surface area contributed by atoms with Gasteiger partial charge in [0.2, 0.25) is 5.91 Å². The van der Waals surface area contributed by atoms with Crippen molar-refractivity contribution in [3.05, 3.63) is 71.8 Å². The fourth-order valence-electron chi connectivity index (χ4n) is 4.49. The fourth-order valence-corrected chi connectivity index (χ4v) is 4.49. The van der Waals surface area contributed by atoms with Gasteiger partial charge in [-0.1, -0.05) is 73.5 Å². The molecule has 0 radical (unpaired) electrons. The van der Waals surface area contributed by atoms with E-state index in [2.05, 4.69) is 5.32 Å². The third kappa shape index (κ3) is 8.88. The molecule has 3 saturated heterocycles. The molecule has 3 aliphatic heterocycles. The van der Waals surface area contributed by atoms with E-state index in [4.69, 9.17) is 23.4 Å². The van der Waals surface area contributed by atoms with Crippen LogP contribution in [0.4, 0.5) is 4.32 Å². The van der Waals surface area contributed by atoms with Crippen molar-refractivity contribution in [1.82, 2.24) is 5.32 Å². The minimum Gasteiger partial charge on any atom is -0.513 e. The SMILES string of the molecule is O=C(CCCCC[C@H](CC(=O)OCc1ccccc1)C(=O)NC12CO[B-](F)(OC1)OC2)OCc1ccccc1. The van der Waals surface area contributed by atoms with Crippen molar-refractivity contribution in [2.45, 2.75) is 57.3 Å². The number of fused-ring (bicyclic) bond motifs is 3. The molecule has 3 heterocycles. The van der Waals surface area contributed by atoms with Gasteiger partial charge in [0.15, 0.2) is 0 Å². The van der Waals surface area contributed by atoms with Crippen molar-refractivity contribution < 1.29 is 42.1 Å². The topological polar surface area (TPSA) is 109 Å². The highest BCUT2D eigenvalue weighted by atomic mass is 19.1. The van der Waals surface area contributed by atoms with E-state index >= 15 is 0 Å². The molecule has 1 amide bonds. The lowest BCUT2D eigenvalue weighted by Gasteiger charge is -2.54. The molecule has 39 heavy (non-hydrogen) atoms. The molecule has 1 N–H and O–H groups in total. The molecule has 3 fully saturated rings. The lowest BCUT2D eigenvalue weighted by molar-refractivity contribution is -0.153. The van der Waals surface area contributed by atoms with E-state index in [-0.39, 0.29) is 57.8 Å². The zero-order chi connectivity index (χ0) is 27.6. The zero-order valence-electron chi connectivity index (χ0n) is 21.9. The Hall–Kier alpha value is -3.28. The quantitative estimate of drug-likeness (QED) is 0.218. The molecule has 9 nitrogen and oxygen atoms in total. The molecular weight excluding hydrogens is 508 g/mol. The van der Waals surface area contributed by atoms with Crippen molar-refractivity contribution in [3.8, 4) is 0 Å². The number of hydrogen-bond donors (Lipinski definition) is 1. The molecule has 210 valence electrons. The van der Waals surface area contributed by atoms with Crippen molar-refractivity contribution in [2.24, 2.45) is 5.92 Å². The second kappa shape index (κ2) is 13.7. The van der Waals surface area contributed by atoms with Crippen LogP contribution in [0, 0.1) is 5.92 Å². The van der Waals surface area contributed by atoms with E-state index in [1.807, 2.05) is 60.7 Å². The first-order valence-electron chi connectivity index (χ1n) is 13.3. The number of ether oxygens (including phenoxy) is 2. The monoisotopic (exact) mass is 542 g/mol. The Morgan fingerprint density at radius 2 is 1.36 bits per heavy atom. The van der Waals surface area contributed by atoms with Crippen LogP contribution in [-0.2, 0) is 51.0 Å². The number of unbranched alkanes of at least 4 members (excludes halogenated alkanes) is 2. The molecule has 1 atom stereocenters. The maximum absolute atomic E-state index is 14.0. The number of hydrogen-bond acceptors (Lipinski definition) is 8. The summed E-state index contributed by atoms with van der Waals surface area (Å²) in [6.07, 6.45) is 2.44. The van der Waals surface area contributed by atoms with Crippen molar-refractivity contribution in [3.63, 3.8) is 0 Å². The molecule has 0 aliphatic carbocycles. The highest BCUT2D eigenvalue weighted by Crippen LogP contribution is 2.31. The molecule has 0 aromatic heterocycles. The Labute approximate surface area is 227 Å². The molecule has 0 unspecified atom stereocenters. The molecule has 2 aromatic carbocycles. The van der Waals surface area contributed by atoms with Crippen molar-refractivity contribution in [2.75, 3.05) is 19.8 Å². The van der Waals surface area contributed by atoms with Crippen LogP contribution < -0.4 is 5.32 Å². The fraction of sp³-hybridized carbons (Fsp3) is 0.464. The molecule has 11 heteroatoms. The van der Waals surface area contributed by atoms with Gasteiger partial charge in [-0.15, -0.1) is 0 Å². The first kappa shape index (κ1) is 28.7. The van der Waals surface area contributed by atoms with Crippen LogP contribution >= 0.6 is 0 Å². The predicted molar refractivity (Wildman–Crippen MR) is 139 cm³/mol. The standard InChI is InChI=1S/C28H34BFNO8/c30-29-37-19-28(20-38-29,21-39-29)31-27(34)24(16-26(33)36-18-23-12-6-2-7-13-23)14-8-3-9-15-25(32)35-17-22-10-4-1-5-11-22/h1-2,4-7,10-13,24H,3,8-9,14-21H2,(H,31,34)/q-1/t24-,28?,29?/m1/s1. The van der Waals surface area contributed by atoms with Crippen LogP contribution in [0.25, 0.3) is 0 Å². The molecule has 2 bridgehead atoms. The third-order valence-corrected chi connectivity index (χ3v) is 6.77. The van der Waals surface area contributed by atoms with Crippen LogP contribution in [0.15, 0.2) is 60.7 Å². The van der Waals surface area contributed by atoms with E-state index in [0.717, 1.165) is 11.1 Å². The normalized spacial score (nSPS) is 22.6. The van der Waals surface area contributed by atoms with E-state index < -0.39 is 24.5 Å². The van der Waals surface area contributed by atoms with E-state index in [1.165, 1.54) is 0 Å². The zero-order valence-corrected chi connectivity index (χ0v) is 21.9. The minimum absolute atomic E-state index is 0.0779. The van der Waals surface area contributed by atoms with Crippen LogP contribution in [-0.4, -0.2) is 50.2 Å². The van der Waals surface area contributed by atoms with Crippen LogP contribution in [0.5, 0.6) is 0 Å². The number of carbonyl (C=O) groups is 3. The van der Waals surface area contributed by atoms with Gasteiger partial charge in [-0.25, -0.2) is 0 Å². The van der Waals surface area contributed by atoms with Crippen LogP contribution in [0.2, 0.25) is 0 Å². The maximum Gasteiger partial charge on any atom is 0.566 e. The molecular formula is C28H34BFNO8-. The van der Waals surface area contributed by atoms with E-state index in [0.29, 0.717) is 25.7 Å². The smallest absolute Gasteiger partial charge is 0.513 e. The lowest BCUT2D eigenvalue weighted by atomic mass is 9.89. The van der Waals surface area contributed by atoms with Gasteiger partial charge >= 0.3 is 19.0 Å². The van der Waals surface area contributed by atoms with Crippen molar-refractivity contribution >= 4 is 24.9 Å². The summed E-state index contributed by atoms with van der Waals surface area (Å²) in [5.41, 5.74) is 0.757. The van der Waals surface area contributed by atoms with Gasteiger partial charge in [0.1, 0.15) is 13.2 Å². The summed E-state index contributed by atoms with van der Waals surface area (Å²) in [5, 5.41) is 2.86. The van der Waals surface area contributed by atoms with Crippen LogP contribution in [0.1, 0.15) is 49.7 Å². The molecule has 0 spiro atoms. The lowest BCUT2D eigenvalue weighted by Crippen LogP contribution is -2.72. The Morgan fingerprint density at radius 3 is 1.92 bits per heavy atom. The second-order valence-electron chi connectivity index (χ2n) is 10.1.